The van der Waals surface area contributed by atoms with E-state index in [1.165, 1.54) is 14.2 Å². The first-order valence-electron chi connectivity index (χ1n) is 4.88. The molecule has 3 nitrogen and oxygen atoms in total. The van der Waals surface area contributed by atoms with Crippen LogP contribution in [-0.4, -0.2) is 31.4 Å². The number of carbonyl (C=O) groups excluding carboxylic acids is 1. The second-order valence-electron chi connectivity index (χ2n) is 3.40. The molecule has 0 saturated heterocycles. The van der Waals surface area contributed by atoms with Crippen LogP contribution in [0.4, 0.5) is 13.2 Å². The van der Waals surface area contributed by atoms with Crippen LogP contribution in [0.1, 0.15) is 15.9 Å². The van der Waals surface area contributed by atoms with Gasteiger partial charge in [-0.15, -0.1) is 11.8 Å². The van der Waals surface area contributed by atoms with Gasteiger partial charge < -0.3 is 0 Å². The van der Waals surface area contributed by atoms with E-state index >= 15 is 0 Å². The van der Waals surface area contributed by atoms with Crippen molar-refractivity contribution in [3.63, 3.8) is 0 Å². The van der Waals surface area contributed by atoms with Gasteiger partial charge in [0.2, 0.25) is 0 Å². The monoisotopic (exact) mass is 279 g/mol. The van der Waals surface area contributed by atoms with Crippen molar-refractivity contribution in [2.24, 2.45) is 0 Å². The van der Waals surface area contributed by atoms with E-state index in [1.54, 1.807) is 6.26 Å². The maximum Gasteiger partial charge on any atom is 0.416 e. The SMILES string of the molecule is CON(C)C(=O)c1ccc(C(F)(F)F)cc1SC. The van der Waals surface area contributed by atoms with Gasteiger partial charge in [-0.05, 0) is 24.5 Å². The van der Waals surface area contributed by atoms with Crippen LogP contribution >= 0.6 is 11.8 Å². The largest absolute Gasteiger partial charge is 0.416 e. The van der Waals surface area contributed by atoms with Crippen LogP contribution < -0.4 is 0 Å². The molecule has 0 unspecified atom stereocenters. The minimum atomic E-state index is -4.42. The molecule has 7 heteroatoms. The predicted molar refractivity (Wildman–Crippen MR) is 62.3 cm³/mol. The molecule has 0 saturated carbocycles. The molecular weight excluding hydrogens is 267 g/mol. The van der Waals surface area contributed by atoms with E-state index in [0.29, 0.717) is 0 Å². The number of alkyl halides is 3. The van der Waals surface area contributed by atoms with Crippen molar-refractivity contribution in [2.75, 3.05) is 20.4 Å². The maximum absolute atomic E-state index is 12.5. The number of nitrogens with zero attached hydrogens (tertiary/aromatic N) is 1. The van der Waals surface area contributed by atoms with E-state index in [4.69, 9.17) is 4.84 Å². The number of carbonyl (C=O) groups is 1. The summed E-state index contributed by atoms with van der Waals surface area (Å²) in [5.74, 6) is -0.490. The lowest BCUT2D eigenvalue weighted by Crippen LogP contribution is -2.26. The maximum atomic E-state index is 12.5. The minimum Gasteiger partial charge on any atom is -0.274 e. The Hall–Kier alpha value is -1.21. The van der Waals surface area contributed by atoms with Crippen molar-refractivity contribution < 1.29 is 22.8 Å². The van der Waals surface area contributed by atoms with Crippen LogP contribution in [-0.2, 0) is 11.0 Å². The molecule has 100 valence electrons. The van der Waals surface area contributed by atoms with Crippen molar-refractivity contribution in [3.05, 3.63) is 29.3 Å². The lowest BCUT2D eigenvalue weighted by atomic mass is 10.1. The Morgan fingerprint density at radius 2 is 2.00 bits per heavy atom. The third kappa shape index (κ3) is 3.17. The van der Waals surface area contributed by atoms with Crippen molar-refractivity contribution in [1.29, 1.82) is 0 Å². The van der Waals surface area contributed by atoms with Crippen molar-refractivity contribution >= 4 is 17.7 Å². The molecule has 1 aromatic rings. The number of benzene rings is 1. The van der Waals surface area contributed by atoms with Crippen molar-refractivity contribution in [1.82, 2.24) is 5.06 Å². The van der Waals surface area contributed by atoms with E-state index in [0.717, 1.165) is 35.0 Å². The van der Waals surface area contributed by atoms with Gasteiger partial charge in [0, 0.05) is 11.9 Å². The Bertz CT molecular complexity index is 448. The number of halogens is 3. The molecule has 0 heterocycles. The van der Waals surface area contributed by atoms with E-state index < -0.39 is 17.6 Å². The zero-order chi connectivity index (χ0) is 13.9. The van der Waals surface area contributed by atoms with Crippen LogP contribution in [0.3, 0.4) is 0 Å². The number of amides is 1. The van der Waals surface area contributed by atoms with E-state index in [-0.39, 0.29) is 10.5 Å². The number of hydrogen-bond acceptors (Lipinski definition) is 3. The fourth-order valence-corrected chi connectivity index (χ4v) is 1.92. The van der Waals surface area contributed by atoms with E-state index in [1.807, 2.05) is 0 Å². The van der Waals surface area contributed by atoms with Gasteiger partial charge in [-0.2, -0.15) is 13.2 Å². The van der Waals surface area contributed by atoms with Gasteiger partial charge in [0.15, 0.2) is 0 Å². The summed E-state index contributed by atoms with van der Waals surface area (Å²) in [6.07, 6.45) is -2.81. The van der Waals surface area contributed by atoms with E-state index in [9.17, 15) is 18.0 Å². The normalized spacial score (nSPS) is 11.4. The number of hydrogen-bond donors (Lipinski definition) is 0. The van der Waals surface area contributed by atoms with Gasteiger partial charge in [-0.3, -0.25) is 9.63 Å². The molecule has 0 N–H and O–H groups in total. The summed E-state index contributed by atoms with van der Waals surface area (Å²) in [5.41, 5.74) is -0.594. The number of thioether (sulfide) groups is 1. The van der Waals surface area contributed by atoms with Gasteiger partial charge in [0.1, 0.15) is 0 Å². The predicted octanol–water partition coefficient (Wildman–Crippen LogP) is 3.06. The van der Waals surface area contributed by atoms with Gasteiger partial charge in [0.25, 0.3) is 5.91 Å². The summed E-state index contributed by atoms with van der Waals surface area (Å²) in [6, 6.07) is 3.00. The molecule has 0 aliphatic rings. The first kappa shape index (κ1) is 14.8. The van der Waals surface area contributed by atoms with Crippen LogP contribution in [0, 0.1) is 0 Å². The second kappa shape index (κ2) is 5.62. The molecule has 0 fully saturated rings. The third-order valence-corrected chi connectivity index (χ3v) is 3.10. The van der Waals surface area contributed by atoms with Crippen molar-refractivity contribution in [2.45, 2.75) is 11.1 Å². The molecule has 18 heavy (non-hydrogen) atoms. The Labute approximate surface area is 107 Å². The number of rotatable bonds is 3. The zero-order valence-electron chi connectivity index (χ0n) is 10.0. The highest BCUT2D eigenvalue weighted by atomic mass is 32.2. The van der Waals surface area contributed by atoms with Crippen LogP contribution in [0.15, 0.2) is 23.1 Å². The Morgan fingerprint density at radius 1 is 1.39 bits per heavy atom. The minimum absolute atomic E-state index is 0.180. The second-order valence-corrected chi connectivity index (χ2v) is 4.25. The van der Waals surface area contributed by atoms with E-state index in [2.05, 4.69) is 0 Å². The fourth-order valence-electron chi connectivity index (χ4n) is 1.30. The molecule has 0 bridgehead atoms. The highest BCUT2D eigenvalue weighted by Crippen LogP contribution is 2.33. The lowest BCUT2D eigenvalue weighted by molar-refractivity contribution is -0.137. The molecule has 1 rings (SSSR count). The molecule has 0 radical (unpaired) electrons. The summed E-state index contributed by atoms with van der Waals surface area (Å²) < 4.78 is 37.6. The molecular formula is C11H12F3NO2S. The third-order valence-electron chi connectivity index (χ3n) is 2.32. The quantitative estimate of drug-likeness (QED) is 0.629. The average Bonchev–Trinajstić information content (AvgIpc) is 2.35. The first-order valence-corrected chi connectivity index (χ1v) is 6.11. The highest BCUT2D eigenvalue weighted by Gasteiger charge is 2.31. The molecule has 0 aromatic heterocycles. The smallest absolute Gasteiger partial charge is 0.274 e. The van der Waals surface area contributed by atoms with Crippen LogP contribution in [0.2, 0.25) is 0 Å². The number of hydroxylamine groups is 2. The molecule has 1 amide bonds. The van der Waals surface area contributed by atoms with Crippen LogP contribution in [0.25, 0.3) is 0 Å². The van der Waals surface area contributed by atoms with Gasteiger partial charge >= 0.3 is 6.18 Å². The molecule has 1 aromatic carbocycles. The lowest BCUT2D eigenvalue weighted by Gasteiger charge is -2.16. The molecule has 0 aliphatic carbocycles. The van der Waals surface area contributed by atoms with Crippen LogP contribution in [0.5, 0.6) is 0 Å². The summed E-state index contributed by atoms with van der Waals surface area (Å²) in [4.78, 5) is 16.8. The fraction of sp³-hybridized carbons (Fsp3) is 0.364. The zero-order valence-corrected chi connectivity index (χ0v) is 10.9. The van der Waals surface area contributed by atoms with Gasteiger partial charge in [-0.1, -0.05) is 0 Å². The Kier molecular flexibility index (Phi) is 4.64. The van der Waals surface area contributed by atoms with Gasteiger partial charge in [0.05, 0.1) is 18.2 Å². The summed E-state index contributed by atoms with van der Waals surface area (Å²) in [7, 11) is 2.70. The molecule has 0 atom stereocenters. The molecule has 0 spiro atoms. The van der Waals surface area contributed by atoms with Crippen molar-refractivity contribution in [3.8, 4) is 0 Å². The Balaban J connectivity index is 3.20. The van der Waals surface area contributed by atoms with Gasteiger partial charge in [-0.25, -0.2) is 5.06 Å². The Morgan fingerprint density at radius 3 is 2.44 bits per heavy atom. The first-order chi connectivity index (χ1) is 8.31. The molecule has 0 aliphatic heterocycles. The summed E-state index contributed by atoms with van der Waals surface area (Å²) >= 11 is 1.08. The standard InChI is InChI=1S/C11H12F3NO2S/c1-15(17-2)10(16)8-5-4-7(11(12,13)14)6-9(8)18-3/h4-6H,1-3H3. The summed E-state index contributed by atoms with van der Waals surface area (Å²) in [5, 5.41) is 0.961. The average molecular weight is 279 g/mol. The topological polar surface area (TPSA) is 29.5 Å². The summed E-state index contributed by atoms with van der Waals surface area (Å²) in [6.45, 7) is 0. The highest BCUT2D eigenvalue weighted by molar-refractivity contribution is 7.98.